The summed E-state index contributed by atoms with van der Waals surface area (Å²) in [6.07, 6.45) is 13.8. The molecule has 3 nitrogen and oxygen atoms in total. The van der Waals surface area contributed by atoms with Gasteiger partial charge in [-0.3, -0.25) is 4.68 Å². The van der Waals surface area contributed by atoms with Crippen molar-refractivity contribution in [3.8, 4) is 0 Å². The summed E-state index contributed by atoms with van der Waals surface area (Å²) in [7, 11) is 4.07. The highest BCUT2D eigenvalue weighted by molar-refractivity contribution is 5.06. The molecule has 0 saturated heterocycles. The van der Waals surface area contributed by atoms with Crippen LogP contribution in [-0.2, 0) is 13.5 Å². The zero-order valence-electron chi connectivity index (χ0n) is 11.2. The SMILES string of the molecule is CNC(Cc1cnn(C)c1)CC1CCCCC1. The first-order valence-electron chi connectivity index (χ1n) is 6.92. The Labute approximate surface area is 105 Å². The van der Waals surface area contributed by atoms with E-state index in [4.69, 9.17) is 0 Å². The summed E-state index contributed by atoms with van der Waals surface area (Å²) >= 11 is 0. The predicted molar refractivity (Wildman–Crippen MR) is 71.0 cm³/mol. The molecule has 0 amide bonds. The lowest BCUT2D eigenvalue weighted by Gasteiger charge is -2.26. The first-order valence-corrected chi connectivity index (χ1v) is 6.92. The molecule has 1 aromatic rings. The zero-order chi connectivity index (χ0) is 12.1. The fraction of sp³-hybridized carbons (Fsp3) is 0.786. The quantitative estimate of drug-likeness (QED) is 0.850. The standard InChI is InChI=1S/C14H25N3/c1-15-14(8-12-6-4-3-5-7-12)9-13-10-16-17(2)11-13/h10-12,14-15H,3-9H2,1-2H3. The van der Waals surface area contributed by atoms with Gasteiger partial charge in [0.2, 0.25) is 0 Å². The highest BCUT2D eigenvalue weighted by Crippen LogP contribution is 2.27. The van der Waals surface area contributed by atoms with Gasteiger partial charge < -0.3 is 5.32 Å². The fourth-order valence-electron chi connectivity index (χ4n) is 2.99. The van der Waals surface area contributed by atoms with Crippen molar-refractivity contribution in [2.24, 2.45) is 13.0 Å². The van der Waals surface area contributed by atoms with Gasteiger partial charge in [0.15, 0.2) is 0 Å². The fourth-order valence-corrected chi connectivity index (χ4v) is 2.99. The molecule has 0 bridgehead atoms. The number of hydrogen-bond acceptors (Lipinski definition) is 2. The number of hydrogen-bond donors (Lipinski definition) is 1. The Morgan fingerprint density at radius 2 is 2.18 bits per heavy atom. The normalized spacial score (nSPS) is 19.4. The summed E-state index contributed by atoms with van der Waals surface area (Å²) in [5.74, 6) is 0.942. The minimum atomic E-state index is 0.613. The van der Waals surface area contributed by atoms with Gasteiger partial charge in [-0.2, -0.15) is 5.10 Å². The van der Waals surface area contributed by atoms with Crippen LogP contribution in [0.5, 0.6) is 0 Å². The molecule has 96 valence electrons. The molecule has 0 spiro atoms. The second kappa shape index (κ2) is 6.20. The second-order valence-electron chi connectivity index (χ2n) is 5.45. The second-order valence-corrected chi connectivity index (χ2v) is 5.45. The molecule has 0 radical (unpaired) electrons. The topological polar surface area (TPSA) is 29.9 Å². The van der Waals surface area contributed by atoms with Crippen LogP contribution < -0.4 is 5.32 Å². The third kappa shape index (κ3) is 3.84. The number of likely N-dealkylation sites (N-methyl/N-ethyl adjacent to an activating group) is 1. The lowest BCUT2D eigenvalue weighted by atomic mass is 9.84. The summed E-state index contributed by atoms with van der Waals surface area (Å²) in [5, 5.41) is 7.71. The molecular formula is C14H25N3. The van der Waals surface area contributed by atoms with Gasteiger partial charge in [-0.15, -0.1) is 0 Å². The van der Waals surface area contributed by atoms with Crippen LogP contribution in [0.15, 0.2) is 12.4 Å². The molecular weight excluding hydrogens is 210 g/mol. The molecule has 0 aromatic carbocycles. The molecule has 1 atom stereocenters. The molecule has 1 unspecified atom stereocenters. The van der Waals surface area contributed by atoms with Crippen molar-refractivity contribution in [3.63, 3.8) is 0 Å². The summed E-state index contributed by atoms with van der Waals surface area (Å²) in [6, 6.07) is 0.613. The van der Waals surface area contributed by atoms with Crippen LogP contribution in [0.1, 0.15) is 44.1 Å². The van der Waals surface area contributed by atoms with E-state index in [1.807, 2.05) is 17.9 Å². The first kappa shape index (κ1) is 12.6. The monoisotopic (exact) mass is 235 g/mol. The van der Waals surface area contributed by atoms with E-state index < -0.39 is 0 Å². The van der Waals surface area contributed by atoms with E-state index in [1.54, 1.807) is 0 Å². The highest BCUT2D eigenvalue weighted by atomic mass is 15.2. The maximum Gasteiger partial charge on any atom is 0.0522 e. The maximum atomic E-state index is 4.24. The van der Waals surface area contributed by atoms with Crippen molar-refractivity contribution < 1.29 is 0 Å². The van der Waals surface area contributed by atoms with Crippen molar-refractivity contribution in [2.75, 3.05) is 7.05 Å². The summed E-state index contributed by atoms with van der Waals surface area (Å²) < 4.78 is 1.89. The molecule has 1 heterocycles. The Balaban J connectivity index is 1.83. The molecule has 1 fully saturated rings. The van der Waals surface area contributed by atoms with Crippen molar-refractivity contribution >= 4 is 0 Å². The summed E-state index contributed by atoms with van der Waals surface area (Å²) in [6.45, 7) is 0. The number of nitrogens with zero attached hydrogens (tertiary/aromatic N) is 2. The van der Waals surface area contributed by atoms with Crippen molar-refractivity contribution in [1.29, 1.82) is 0 Å². The molecule has 0 aliphatic heterocycles. The van der Waals surface area contributed by atoms with Crippen molar-refractivity contribution in [1.82, 2.24) is 15.1 Å². The predicted octanol–water partition coefficient (Wildman–Crippen LogP) is 2.52. The van der Waals surface area contributed by atoms with Gasteiger partial charge >= 0.3 is 0 Å². The number of rotatable bonds is 5. The lowest BCUT2D eigenvalue weighted by molar-refractivity contribution is 0.302. The average molecular weight is 235 g/mol. The van der Waals surface area contributed by atoms with Crippen molar-refractivity contribution in [3.05, 3.63) is 18.0 Å². The zero-order valence-corrected chi connectivity index (χ0v) is 11.2. The maximum absolute atomic E-state index is 4.24. The van der Waals surface area contributed by atoms with Gasteiger partial charge in [0.05, 0.1) is 6.20 Å². The Morgan fingerprint density at radius 1 is 1.41 bits per heavy atom. The van der Waals surface area contributed by atoms with E-state index in [9.17, 15) is 0 Å². The van der Waals surface area contributed by atoms with Crippen LogP contribution in [0, 0.1) is 5.92 Å². The number of aryl methyl sites for hydroxylation is 1. The Hall–Kier alpha value is -0.830. The highest BCUT2D eigenvalue weighted by Gasteiger charge is 2.18. The van der Waals surface area contributed by atoms with E-state index in [1.165, 1.54) is 44.1 Å². The van der Waals surface area contributed by atoms with Gasteiger partial charge in [0.25, 0.3) is 0 Å². The third-order valence-corrected chi connectivity index (χ3v) is 3.99. The minimum absolute atomic E-state index is 0.613. The smallest absolute Gasteiger partial charge is 0.0522 e. The average Bonchev–Trinajstić information content (AvgIpc) is 2.75. The van der Waals surface area contributed by atoms with Gasteiger partial charge in [-0.1, -0.05) is 32.1 Å². The van der Waals surface area contributed by atoms with Gasteiger partial charge in [0, 0.05) is 19.3 Å². The molecule has 1 saturated carbocycles. The molecule has 2 rings (SSSR count). The van der Waals surface area contributed by atoms with E-state index in [-0.39, 0.29) is 0 Å². The van der Waals surface area contributed by atoms with Gasteiger partial charge in [-0.25, -0.2) is 0 Å². The first-order chi connectivity index (χ1) is 8.28. The van der Waals surface area contributed by atoms with Crippen LogP contribution >= 0.6 is 0 Å². The molecule has 1 aromatic heterocycles. The van der Waals surface area contributed by atoms with Crippen LogP contribution in [0.3, 0.4) is 0 Å². The molecule has 1 N–H and O–H groups in total. The molecule has 1 aliphatic rings. The van der Waals surface area contributed by atoms with E-state index in [0.717, 1.165) is 12.3 Å². The Morgan fingerprint density at radius 3 is 2.76 bits per heavy atom. The van der Waals surface area contributed by atoms with E-state index in [0.29, 0.717) is 6.04 Å². The van der Waals surface area contributed by atoms with Crippen LogP contribution in [0.2, 0.25) is 0 Å². The van der Waals surface area contributed by atoms with Crippen LogP contribution in [0.25, 0.3) is 0 Å². The summed E-state index contributed by atoms with van der Waals surface area (Å²) in [5.41, 5.74) is 1.35. The number of nitrogens with one attached hydrogen (secondary N) is 1. The Bertz CT molecular complexity index is 326. The third-order valence-electron chi connectivity index (χ3n) is 3.99. The van der Waals surface area contributed by atoms with E-state index in [2.05, 4.69) is 23.7 Å². The Kier molecular flexibility index (Phi) is 4.60. The van der Waals surface area contributed by atoms with Gasteiger partial charge in [0.1, 0.15) is 0 Å². The minimum Gasteiger partial charge on any atom is -0.317 e. The summed E-state index contributed by atoms with van der Waals surface area (Å²) in [4.78, 5) is 0. The molecule has 3 heteroatoms. The molecule has 1 aliphatic carbocycles. The van der Waals surface area contributed by atoms with Crippen LogP contribution in [0.4, 0.5) is 0 Å². The largest absolute Gasteiger partial charge is 0.317 e. The lowest BCUT2D eigenvalue weighted by Crippen LogP contribution is -2.30. The number of aromatic nitrogens is 2. The van der Waals surface area contributed by atoms with Crippen LogP contribution in [-0.4, -0.2) is 22.9 Å². The van der Waals surface area contributed by atoms with Crippen molar-refractivity contribution in [2.45, 2.75) is 51.0 Å². The van der Waals surface area contributed by atoms with E-state index >= 15 is 0 Å². The molecule has 17 heavy (non-hydrogen) atoms. The van der Waals surface area contributed by atoms with Gasteiger partial charge in [-0.05, 0) is 31.4 Å².